The first kappa shape index (κ1) is 42.5. The molecule has 2 atom stereocenters. The van der Waals surface area contributed by atoms with Crippen molar-refractivity contribution in [2.24, 2.45) is 18.7 Å². The minimum atomic E-state index is -0.983. The number of nitrogens with zero attached hydrogens (tertiary/aromatic N) is 3. The number of rotatable bonds is 26. The molecule has 0 bridgehead atoms. The number of urea groups is 1. The number of nitrogens with one attached hydrogen (secondary N) is 4. The van der Waals surface area contributed by atoms with Gasteiger partial charge in [0.05, 0.1) is 59.1 Å². The van der Waals surface area contributed by atoms with Crippen molar-refractivity contribution in [3.8, 4) is 0 Å². The zero-order valence-electron chi connectivity index (χ0n) is 29.8. The molecular formula is C33H52N8O10. The number of hydrogen-bond acceptors (Lipinski definition) is 12. The van der Waals surface area contributed by atoms with Crippen LogP contribution in [0.15, 0.2) is 30.5 Å². The van der Waals surface area contributed by atoms with Gasteiger partial charge in [-0.25, -0.2) is 4.79 Å². The molecule has 0 fully saturated rings. The molecule has 0 aliphatic heterocycles. The monoisotopic (exact) mass is 720 g/mol. The van der Waals surface area contributed by atoms with Gasteiger partial charge < -0.3 is 50.7 Å². The summed E-state index contributed by atoms with van der Waals surface area (Å²) in [5.74, 6) is -2.11. The standard InChI is InChI=1S/C33H52N8O10/c1-23(2)30(38-29(43)11-13-47-14-15-48-16-17-49-18-19-50-22-27-20-41(4)40-39-27)32(45)37-28(6-5-12-35-33(34)46)31(44)36-26-9-7-25(8-10-26)21-51-24(3)42/h7-10,20,23,28,30H,5-6,11-19,21-22H2,1-4H3,(H,36,44)(H,37,45)(H,38,43)(H3,34,35,46)/t28-,30-/m0/s1. The third kappa shape index (κ3) is 19.4. The Morgan fingerprint density at radius 3 is 2.04 bits per heavy atom. The fourth-order valence-corrected chi connectivity index (χ4v) is 4.39. The summed E-state index contributed by atoms with van der Waals surface area (Å²) in [6.45, 7) is 7.87. The van der Waals surface area contributed by atoms with Gasteiger partial charge in [0.1, 0.15) is 24.4 Å². The molecule has 51 heavy (non-hydrogen) atoms. The van der Waals surface area contributed by atoms with Crippen molar-refractivity contribution in [1.82, 2.24) is 30.9 Å². The molecule has 18 nitrogen and oxygen atoms in total. The third-order valence-corrected chi connectivity index (χ3v) is 7.02. The zero-order valence-corrected chi connectivity index (χ0v) is 29.8. The molecule has 2 rings (SSSR count). The van der Waals surface area contributed by atoms with E-state index >= 15 is 0 Å². The van der Waals surface area contributed by atoms with E-state index < -0.39 is 35.9 Å². The van der Waals surface area contributed by atoms with Crippen LogP contribution in [0.25, 0.3) is 0 Å². The number of aryl methyl sites for hydroxylation is 1. The lowest BCUT2D eigenvalue weighted by atomic mass is 10.0. The molecule has 1 aromatic carbocycles. The fourth-order valence-electron chi connectivity index (χ4n) is 4.39. The second-order valence-corrected chi connectivity index (χ2v) is 11.8. The number of carbonyl (C=O) groups is 5. The lowest BCUT2D eigenvalue weighted by Crippen LogP contribution is -2.54. The van der Waals surface area contributed by atoms with E-state index in [2.05, 4.69) is 31.6 Å². The molecule has 0 saturated carbocycles. The predicted octanol–water partition coefficient (Wildman–Crippen LogP) is 0.548. The Kier molecular flexibility index (Phi) is 20.4. The van der Waals surface area contributed by atoms with Crippen molar-refractivity contribution in [1.29, 1.82) is 0 Å². The SMILES string of the molecule is CC(=O)OCc1ccc(NC(=O)[C@H](CCCNC(N)=O)NC(=O)[C@@H](NC(=O)CCOCCOCCOCCOCc2cn(C)nn2)C(C)C)cc1. The Labute approximate surface area is 297 Å². The van der Waals surface area contributed by atoms with Gasteiger partial charge in [-0.1, -0.05) is 31.2 Å². The maximum Gasteiger partial charge on any atom is 0.312 e. The molecule has 0 spiro atoms. The van der Waals surface area contributed by atoms with E-state index in [0.29, 0.717) is 51.7 Å². The van der Waals surface area contributed by atoms with Gasteiger partial charge in [0.2, 0.25) is 17.7 Å². The van der Waals surface area contributed by atoms with Crippen LogP contribution >= 0.6 is 0 Å². The largest absolute Gasteiger partial charge is 0.461 e. The van der Waals surface area contributed by atoms with Crippen molar-refractivity contribution in [2.45, 2.75) is 65.3 Å². The number of hydrogen-bond donors (Lipinski definition) is 5. The smallest absolute Gasteiger partial charge is 0.312 e. The lowest BCUT2D eigenvalue weighted by Gasteiger charge is -2.25. The number of anilines is 1. The first-order valence-electron chi connectivity index (χ1n) is 16.8. The number of aromatic nitrogens is 3. The van der Waals surface area contributed by atoms with E-state index in [0.717, 1.165) is 11.3 Å². The zero-order chi connectivity index (χ0) is 37.4. The van der Waals surface area contributed by atoms with Crippen LogP contribution in [0.3, 0.4) is 0 Å². The highest BCUT2D eigenvalue weighted by molar-refractivity contribution is 5.98. The second kappa shape index (κ2) is 24.5. The van der Waals surface area contributed by atoms with Crippen LogP contribution in [0.1, 0.15) is 51.3 Å². The van der Waals surface area contributed by atoms with Gasteiger partial charge in [-0.05, 0) is 36.5 Å². The summed E-state index contributed by atoms with van der Waals surface area (Å²) in [6, 6.07) is 4.08. The summed E-state index contributed by atoms with van der Waals surface area (Å²) in [5, 5.41) is 18.5. The number of esters is 1. The quantitative estimate of drug-likeness (QED) is 0.0662. The van der Waals surface area contributed by atoms with Crippen LogP contribution in [0.4, 0.5) is 10.5 Å². The first-order valence-corrected chi connectivity index (χ1v) is 16.8. The third-order valence-electron chi connectivity index (χ3n) is 7.02. The Morgan fingerprint density at radius 1 is 0.843 bits per heavy atom. The molecule has 6 N–H and O–H groups in total. The molecule has 2 aromatic rings. The summed E-state index contributed by atoms with van der Waals surface area (Å²) in [7, 11) is 1.79. The summed E-state index contributed by atoms with van der Waals surface area (Å²) < 4.78 is 28.5. The maximum atomic E-state index is 13.3. The number of ether oxygens (including phenoxy) is 5. The van der Waals surface area contributed by atoms with Gasteiger partial charge in [-0.3, -0.25) is 23.9 Å². The summed E-state index contributed by atoms with van der Waals surface area (Å²) in [5.41, 5.74) is 7.08. The molecule has 1 aromatic heterocycles. The summed E-state index contributed by atoms with van der Waals surface area (Å²) in [6.07, 6.45) is 2.33. The predicted molar refractivity (Wildman–Crippen MR) is 184 cm³/mol. The van der Waals surface area contributed by atoms with Gasteiger partial charge in [0.15, 0.2) is 0 Å². The van der Waals surface area contributed by atoms with Crippen molar-refractivity contribution in [3.05, 3.63) is 41.7 Å². The van der Waals surface area contributed by atoms with E-state index in [-0.39, 0.29) is 51.0 Å². The second-order valence-electron chi connectivity index (χ2n) is 11.8. The molecule has 18 heteroatoms. The van der Waals surface area contributed by atoms with Gasteiger partial charge in [0, 0.05) is 32.6 Å². The van der Waals surface area contributed by atoms with Crippen LogP contribution in [-0.2, 0) is 63.1 Å². The highest BCUT2D eigenvalue weighted by Gasteiger charge is 2.28. The van der Waals surface area contributed by atoms with E-state index in [1.165, 1.54) is 6.92 Å². The van der Waals surface area contributed by atoms with Gasteiger partial charge >= 0.3 is 12.0 Å². The first-order chi connectivity index (χ1) is 24.4. The Morgan fingerprint density at radius 2 is 1.47 bits per heavy atom. The number of nitrogens with two attached hydrogens (primary N) is 1. The normalized spacial score (nSPS) is 12.2. The van der Waals surface area contributed by atoms with E-state index in [1.54, 1.807) is 56.0 Å². The van der Waals surface area contributed by atoms with Gasteiger partial charge in [-0.2, -0.15) is 0 Å². The molecule has 0 aliphatic carbocycles. The van der Waals surface area contributed by atoms with E-state index in [9.17, 15) is 24.0 Å². The van der Waals surface area contributed by atoms with Gasteiger partial charge in [-0.15, -0.1) is 5.10 Å². The number of primary amides is 1. The Bertz CT molecular complexity index is 1360. The van der Waals surface area contributed by atoms with Crippen LogP contribution < -0.4 is 27.0 Å². The summed E-state index contributed by atoms with van der Waals surface area (Å²) in [4.78, 5) is 61.4. The molecule has 284 valence electrons. The van der Waals surface area contributed by atoms with Crippen LogP contribution in [0.5, 0.6) is 0 Å². The number of carbonyl (C=O) groups excluding carboxylic acids is 5. The number of benzene rings is 1. The average Bonchev–Trinajstić information content (AvgIpc) is 3.50. The molecule has 0 aliphatic rings. The van der Waals surface area contributed by atoms with Crippen molar-refractivity contribution < 1.29 is 47.7 Å². The lowest BCUT2D eigenvalue weighted by molar-refractivity contribution is -0.142. The van der Waals surface area contributed by atoms with E-state index in [1.807, 2.05) is 0 Å². The van der Waals surface area contributed by atoms with Crippen LogP contribution in [-0.4, -0.2) is 110 Å². The Balaban J connectivity index is 1.71. The van der Waals surface area contributed by atoms with Crippen molar-refractivity contribution in [2.75, 3.05) is 58.1 Å². The van der Waals surface area contributed by atoms with E-state index in [4.69, 9.17) is 29.4 Å². The number of amides is 5. The highest BCUT2D eigenvalue weighted by atomic mass is 16.6. The summed E-state index contributed by atoms with van der Waals surface area (Å²) >= 11 is 0. The maximum absolute atomic E-state index is 13.3. The molecule has 5 amide bonds. The molecule has 1 heterocycles. The molecular weight excluding hydrogens is 668 g/mol. The van der Waals surface area contributed by atoms with Crippen molar-refractivity contribution >= 4 is 35.4 Å². The van der Waals surface area contributed by atoms with Crippen LogP contribution in [0, 0.1) is 5.92 Å². The minimum Gasteiger partial charge on any atom is -0.461 e. The average molecular weight is 721 g/mol. The van der Waals surface area contributed by atoms with Crippen LogP contribution in [0.2, 0.25) is 0 Å². The molecule has 0 saturated heterocycles. The molecule has 0 unspecified atom stereocenters. The topological polar surface area (TPSA) is 236 Å². The molecule has 0 radical (unpaired) electrons. The highest BCUT2D eigenvalue weighted by Crippen LogP contribution is 2.13. The van der Waals surface area contributed by atoms with Crippen molar-refractivity contribution in [3.63, 3.8) is 0 Å². The minimum absolute atomic E-state index is 0.0182. The van der Waals surface area contributed by atoms with Gasteiger partial charge in [0.25, 0.3) is 0 Å². The Hall–Kier alpha value is -4.65. The fraction of sp³-hybridized carbons (Fsp3) is 0.606.